The molecule has 5 nitrogen and oxygen atoms in total. The monoisotopic (exact) mass is 357 g/mol. The van der Waals surface area contributed by atoms with Crippen LogP contribution in [0.15, 0.2) is 30.3 Å². The number of piperidine rings is 1. The lowest BCUT2D eigenvalue weighted by Crippen LogP contribution is -2.51. The summed E-state index contributed by atoms with van der Waals surface area (Å²) in [6.45, 7) is 5.04. The summed E-state index contributed by atoms with van der Waals surface area (Å²) < 4.78 is 0. The number of nitrogens with zero attached hydrogens (tertiary/aromatic N) is 2. The van der Waals surface area contributed by atoms with E-state index in [0.29, 0.717) is 25.1 Å². The Kier molecular flexibility index (Phi) is 5.48. The van der Waals surface area contributed by atoms with Crippen LogP contribution < -0.4 is 5.32 Å². The van der Waals surface area contributed by atoms with E-state index in [-0.39, 0.29) is 11.8 Å². The number of nitrogens with one attached hydrogen (secondary N) is 1. The zero-order valence-corrected chi connectivity index (χ0v) is 15.4. The van der Waals surface area contributed by atoms with Crippen LogP contribution in [0, 0.1) is 13.8 Å². The number of carbonyl (C=O) groups excluding carboxylic acids is 2. The van der Waals surface area contributed by atoms with Gasteiger partial charge in [-0.25, -0.2) is 4.98 Å². The fraction of sp³-hybridized carbons (Fsp3) is 0.421. The minimum atomic E-state index is -0.399. The molecule has 0 spiro atoms. The number of aryl methyl sites for hydroxylation is 2. The topological polar surface area (TPSA) is 62.3 Å². The van der Waals surface area contributed by atoms with Gasteiger partial charge in [-0.15, -0.1) is 11.3 Å². The van der Waals surface area contributed by atoms with Crippen LogP contribution >= 0.6 is 11.3 Å². The molecule has 3 rings (SSSR count). The largest absolute Gasteiger partial charge is 0.348 e. The highest BCUT2D eigenvalue weighted by Crippen LogP contribution is 2.21. The van der Waals surface area contributed by atoms with Crippen molar-refractivity contribution in [2.75, 3.05) is 6.54 Å². The molecule has 6 heteroatoms. The molecular weight excluding hydrogens is 334 g/mol. The first-order valence-electron chi connectivity index (χ1n) is 8.63. The second kappa shape index (κ2) is 7.78. The molecule has 25 heavy (non-hydrogen) atoms. The highest BCUT2D eigenvalue weighted by atomic mass is 32.1. The van der Waals surface area contributed by atoms with Crippen LogP contribution in [0.25, 0.3) is 0 Å². The van der Waals surface area contributed by atoms with Gasteiger partial charge in [0.05, 0.1) is 12.2 Å². The number of amides is 2. The van der Waals surface area contributed by atoms with Gasteiger partial charge in [0.15, 0.2) is 0 Å². The Labute approximate surface area is 152 Å². The third kappa shape index (κ3) is 4.07. The summed E-state index contributed by atoms with van der Waals surface area (Å²) in [6.07, 6.45) is 2.61. The van der Waals surface area contributed by atoms with E-state index in [2.05, 4.69) is 10.3 Å². The minimum Gasteiger partial charge on any atom is -0.348 e. The van der Waals surface area contributed by atoms with Gasteiger partial charge in [-0.1, -0.05) is 18.2 Å². The smallest absolute Gasteiger partial charge is 0.254 e. The predicted octanol–water partition coefficient (Wildman–Crippen LogP) is 3.07. The summed E-state index contributed by atoms with van der Waals surface area (Å²) in [6, 6.07) is 8.78. The number of hydrogen-bond acceptors (Lipinski definition) is 4. The molecule has 1 unspecified atom stereocenters. The molecule has 1 fully saturated rings. The van der Waals surface area contributed by atoms with Crippen LogP contribution in [-0.4, -0.2) is 34.3 Å². The van der Waals surface area contributed by atoms with Gasteiger partial charge in [0, 0.05) is 17.0 Å². The van der Waals surface area contributed by atoms with Crippen molar-refractivity contribution in [3.8, 4) is 0 Å². The molecule has 1 aliphatic heterocycles. The molecule has 1 aliphatic rings. The second-order valence-electron chi connectivity index (χ2n) is 6.34. The van der Waals surface area contributed by atoms with Gasteiger partial charge in [-0.05, 0) is 45.2 Å². The van der Waals surface area contributed by atoms with E-state index in [1.165, 1.54) is 4.88 Å². The number of benzene rings is 1. The maximum absolute atomic E-state index is 12.8. The lowest BCUT2D eigenvalue weighted by Gasteiger charge is -2.34. The van der Waals surface area contributed by atoms with Crippen molar-refractivity contribution >= 4 is 23.2 Å². The summed E-state index contributed by atoms with van der Waals surface area (Å²) in [7, 11) is 0. The highest BCUT2D eigenvalue weighted by Gasteiger charge is 2.32. The molecule has 2 amide bonds. The van der Waals surface area contributed by atoms with E-state index in [1.54, 1.807) is 28.4 Å². The lowest BCUT2D eigenvalue weighted by molar-refractivity contribution is -0.126. The number of likely N-dealkylation sites (tertiary alicyclic amines) is 1. The third-order valence-electron chi connectivity index (χ3n) is 4.57. The maximum Gasteiger partial charge on any atom is 0.254 e. The number of aromatic nitrogens is 1. The average Bonchev–Trinajstić information content (AvgIpc) is 2.97. The molecule has 1 saturated heterocycles. The average molecular weight is 357 g/mol. The molecule has 1 aromatic carbocycles. The molecule has 0 radical (unpaired) electrons. The van der Waals surface area contributed by atoms with Crippen LogP contribution in [0.5, 0.6) is 0 Å². The van der Waals surface area contributed by atoms with Crippen LogP contribution in [0.4, 0.5) is 0 Å². The van der Waals surface area contributed by atoms with Gasteiger partial charge >= 0.3 is 0 Å². The highest BCUT2D eigenvalue weighted by molar-refractivity contribution is 7.11. The second-order valence-corrected chi connectivity index (χ2v) is 7.63. The molecule has 2 heterocycles. The van der Waals surface area contributed by atoms with Gasteiger partial charge in [0.1, 0.15) is 11.0 Å². The van der Waals surface area contributed by atoms with Gasteiger partial charge in [-0.3, -0.25) is 9.59 Å². The van der Waals surface area contributed by atoms with E-state index >= 15 is 0 Å². The van der Waals surface area contributed by atoms with Crippen molar-refractivity contribution in [2.24, 2.45) is 0 Å². The molecule has 1 N–H and O–H groups in total. The molecule has 1 atom stereocenters. The Morgan fingerprint density at radius 2 is 2.00 bits per heavy atom. The van der Waals surface area contributed by atoms with Crippen molar-refractivity contribution in [3.05, 3.63) is 51.5 Å². The Balaban J connectivity index is 1.67. The minimum absolute atomic E-state index is 0.0682. The fourth-order valence-electron chi connectivity index (χ4n) is 3.09. The quantitative estimate of drug-likeness (QED) is 0.915. The van der Waals surface area contributed by atoms with E-state index in [0.717, 1.165) is 23.5 Å². The summed E-state index contributed by atoms with van der Waals surface area (Å²) in [5.41, 5.74) is 1.64. The Morgan fingerprint density at radius 1 is 1.24 bits per heavy atom. The fourth-order valence-corrected chi connectivity index (χ4v) is 3.96. The summed E-state index contributed by atoms with van der Waals surface area (Å²) in [5.74, 6) is -0.157. The Hall–Kier alpha value is -2.21. The molecular formula is C19H23N3O2S. The molecule has 0 aliphatic carbocycles. The van der Waals surface area contributed by atoms with Gasteiger partial charge in [-0.2, -0.15) is 0 Å². The molecule has 0 bridgehead atoms. The Morgan fingerprint density at radius 3 is 2.68 bits per heavy atom. The van der Waals surface area contributed by atoms with Crippen molar-refractivity contribution < 1.29 is 9.59 Å². The van der Waals surface area contributed by atoms with Crippen molar-refractivity contribution in [1.82, 2.24) is 15.2 Å². The zero-order chi connectivity index (χ0) is 17.8. The zero-order valence-electron chi connectivity index (χ0n) is 14.6. The first-order valence-corrected chi connectivity index (χ1v) is 9.44. The van der Waals surface area contributed by atoms with E-state index < -0.39 is 6.04 Å². The lowest BCUT2D eigenvalue weighted by atomic mass is 10.00. The van der Waals surface area contributed by atoms with Gasteiger partial charge in [0.25, 0.3) is 5.91 Å². The number of thiazole rings is 1. The van der Waals surface area contributed by atoms with Crippen LogP contribution in [-0.2, 0) is 11.3 Å². The number of rotatable bonds is 4. The number of carbonyl (C=O) groups is 2. The summed E-state index contributed by atoms with van der Waals surface area (Å²) in [5, 5.41) is 3.86. The van der Waals surface area contributed by atoms with Crippen LogP contribution in [0.3, 0.4) is 0 Å². The number of hydrogen-bond donors (Lipinski definition) is 1. The van der Waals surface area contributed by atoms with E-state index in [9.17, 15) is 9.59 Å². The maximum atomic E-state index is 12.8. The Bertz CT molecular complexity index is 738. The van der Waals surface area contributed by atoms with Crippen molar-refractivity contribution in [3.63, 3.8) is 0 Å². The molecule has 2 aromatic rings. The van der Waals surface area contributed by atoms with Crippen molar-refractivity contribution in [2.45, 2.75) is 45.7 Å². The van der Waals surface area contributed by atoms with Crippen LogP contribution in [0.2, 0.25) is 0 Å². The first kappa shape index (κ1) is 17.6. The molecule has 132 valence electrons. The molecule has 1 aromatic heterocycles. The SMILES string of the molecule is Cc1nc(CNC(=O)C2CCCCN2C(=O)c2ccccc2)sc1C. The van der Waals surface area contributed by atoms with E-state index in [4.69, 9.17) is 0 Å². The predicted molar refractivity (Wildman–Crippen MR) is 98.6 cm³/mol. The van der Waals surface area contributed by atoms with Gasteiger partial charge in [0.2, 0.25) is 5.91 Å². The third-order valence-corrected chi connectivity index (χ3v) is 5.65. The van der Waals surface area contributed by atoms with Gasteiger partial charge < -0.3 is 10.2 Å². The normalized spacial score (nSPS) is 17.4. The van der Waals surface area contributed by atoms with E-state index in [1.807, 2.05) is 32.0 Å². The van der Waals surface area contributed by atoms with Crippen molar-refractivity contribution in [1.29, 1.82) is 0 Å². The summed E-state index contributed by atoms with van der Waals surface area (Å²) in [4.78, 5) is 32.8. The standard InChI is InChI=1S/C19H23N3O2S/c1-13-14(2)25-17(21-13)12-20-18(23)16-10-6-7-11-22(16)19(24)15-8-4-3-5-9-15/h3-5,8-9,16H,6-7,10-12H2,1-2H3,(H,20,23). The summed E-state index contributed by atoms with van der Waals surface area (Å²) >= 11 is 1.60. The van der Waals surface area contributed by atoms with Crippen LogP contribution in [0.1, 0.15) is 45.2 Å². The first-order chi connectivity index (χ1) is 12.1. The molecule has 0 saturated carbocycles.